The molecule has 3 heterocycles. The number of benzene rings is 1. The Morgan fingerprint density at radius 1 is 1.11 bits per heavy atom. The molecule has 27 heavy (non-hydrogen) atoms. The molecule has 4 rings (SSSR count). The molecule has 1 aliphatic rings. The van der Waals surface area contributed by atoms with Crippen LogP contribution in [0.4, 0.5) is 11.4 Å². The number of nitrogens with zero attached hydrogens (tertiary/aromatic N) is 6. The van der Waals surface area contributed by atoms with E-state index in [1.165, 1.54) is 30.0 Å². The molecule has 9 nitrogen and oxygen atoms in total. The average Bonchev–Trinajstić information content (AvgIpc) is 3.38. The van der Waals surface area contributed by atoms with E-state index in [4.69, 9.17) is 4.42 Å². The van der Waals surface area contributed by atoms with Gasteiger partial charge in [0, 0.05) is 24.7 Å². The lowest BCUT2D eigenvalue weighted by molar-refractivity contribution is -0.384. The molecule has 2 aromatic heterocycles. The van der Waals surface area contributed by atoms with Gasteiger partial charge in [-0.1, -0.05) is 0 Å². The van der Waals surface area contributed by atoms with Crippen LogP contribution in [0.5, 0.6) is 0 Å². The number of aromatic nitrogens is 3. The summed E-state index contributed by atoms with van der Waals surface area (Å²) in [6.45, 7) is 1.70. The fourth-order valence-corrected chi connectivity index (χ4v) is 3.18. The van der Waals surface area contributed by atoms with E-state index in [1.807, 2.05) is 12.1 Å². The number of anilines is 1. The SMILES string of the molecule is O=[N+]([O-])c1cc(-c2ccc(C=Nn3cnnc3)o2)ccc1N1CCCCC1. The summed E-state index contributed by atoms with van der Waals surface area (Å²) < 4.78 is 7.19. The van der Waals surface area contributed by atoms with Gasteiger partial charge in [0.05, 0.1) is 11.1 Å². The number of nitro groups is 1. The molecule has 1 saturated heterocycles. The van der Waals surface area contributed by atoms with Gasteiger partial charge in [-0.15, -0.1) is 10.2 Å². The molecule has 138 valence electrons. The molecule has 0 saturated carbocycles. The summed E-state index contributed by atoms with van der Waals surface area (Å²) >= 11 is 0. The Morgan fingerprint density at radius 3 is 2.63 bits per heavy atom. The maximum Gasteiger partial charge on any atom is 0.293 e. The Bertz CT molecular complexity index is 957. The second-order valence-corrected chi connectivity index (χ2v) is 6.30. The van der Waals surface area contributed by atoms with Crippen molar-refractivity contribution in [3.8, 4) is 11.3 Å². The Kier molecular flexibility index (Phi) is 4.65. The summed E-state index contributed by atoms with van der Waals surface area (Å²) in [6, 6.07) is 8.77. The molecule has 1 aliphatic heterocycles. The second kappa shape index (κ2) is 7.40. The molecule has 0 bridgehead atoms. The summed E-state index contributed by atoms with van der Waals surface area (Å²) in [6.07, 6.45) is 7.75. The summed E-state index contributed by atoms with van der Waals surface area (Å²) in [5.41, 5.74) is 1.43. The van der Waals surface area contributed by atoms with Gasteiger partial charge in [0.1, 0.15) is 29.9 Å². The minimum absolute atomic E-state index is 0.102. The van der Waals surface area contributed by atoms with Gasteiger partial charge in [0.15, 0.2) is 0 Å². The van der Waals surface area contributed by atoms with E-state index in [9.17, 15) is 10.1 Å². The van der Waals surface area contributed by atoms with Gasteiger partial charge in [-0.3, -0.25) is 10.1 Å². The van der Waals surface area contributed by atoms with Crippen LogP contribution in [0.3, 0.4) is 0 Å². The summed E-state index contributed by atoms with van der Waals surface area (Å²) in [5.74, 6) is 1.08. The second-order valence-electron chi connectivity index (χ2n) is 6.30. The first kappa shape index (κ1) is 17.0. The molecule has 1 aromatic carbocycles. The smallest absolute Gasteiger partial charge is 0.293 e. The van der Waals surface area contributed by atoms with Gasteiger partial charge in [0.25, 0.3) is 5.69 Å². The van der Waals surface area contributed by atoms with Crippen LogP contribution < -0.4 is 4.90 Å². The lowest BCUT2D eigenvalue weighted by Gasteiger charge is -2.28. The molecule has 0 spiro atoms. The van der Waals surface area contributed by atoms with Crippen molar-refractivity contribution in [3.05, 3.63) is 58.9 Å². The predicted octanol–water partition coefficient (Wildman–Crippen LogP) is 3.32. The van der Waals surface area contributed by atoms with Crippen LogP contribution in [0.1, 0.15) is 25.0 Å². The van der Waals surface area contributed by atoms with E-state index in [2.05, 4.69) is 20.2 Å². The van der Waals surface area contributed by atoms with Crippen LogP contribution in [0.2, 0.25) is 0 Å². The van der Waals surface area contributed by atoms with Crippen molar-refractivity contribution in [3.63, 3.8) is 0 Å². The summed E-state index contributed by atoms with van der Waals surface area (Å²) in [7, 11) is 0. The number of hydrogen-bond donors (Lipinski definition) is 0. The van der Waals surface area contributed by atoms with Gasteiger partial charge in [-0.25, -0.2) is 4.68 Å². The topological polar surface area (TPSA) is 103 Å². The highest BCUT2D eigenvalue weighted by molar-refractivity contribution is 5.78. The number of furan rings is 1. The quantitative estimate of drug-likeness (QED) is 0.390. The zero-order chi connectivity index (χ0) is 18.6. The van der Waals surface area contributed by atoms with E-state index in [0.29, 0.717) is 22.8 Å². The van der Waals surface area contributed by atoms with Crippen LogP contribution in [0.15, 0.2) is 52.5 Å². The van der Waals surface area contributed by atoms with E-state index in [1.54, 1.807) is 18.2 Å². The number of rotatable bonds is 5. The predicted molar refractivity (Wildman–Crippen MR) is 99.9 cm³/mol. The molecule has 0 aliphatic carbocycles. The molecule has 0 unspecified atom stereocenters. The molecule has 0 radical (unpaired) electrons. The highest BCUT2D eigenvalue weighted by Gasteiger charge is 2.22. The largest absolute Gasteiger partial charge is 0.455 e. The third kappa shape index (κ3) is 3.71. The van der Waals surface area contributed by atoms with Crippen LogP contribution in [0, 0.1) is 10.1 Å². The van der Waals surface area contributed by atoms with Crippen molar-refractivity contribution < 1.29 is 9.34 Å². The normalized spacial score (nSPS) is 14.7. The lowest BCUT2D eigenvalue weighted by atomic mass is 10.1. The maximum absolute atomic E-state index is 11.6. The van der Waals surface area contributed by atoms with Gasteiger partial charge in [-0.2, -0.15) is 5.10 Å². The van der Waals surface area contributed by atoms with Crippen LogP contribution >= 0.6 is 0 Å². The minimum Gasteiger partial charge on any atom is -0.455 e. The van der Waals surface area contributed by atoms with E-state index < -0.39 is 0 Å². The number of piperidine rings is 1. The summed E-state index contributed by atoms with van der Waals surface area (Å²) in [5, 5.41) is 23.0. The highest BCUT2D eigenvalue weighted by Crippen LogP contribution is 2.35. The van der Waals surface area contributed by atoms with Crippen molar-refractivity contribution in [1.29, 1.82) is 0 Å². The third-order valence-electron chi connectivity index (χ3n) is 4.51. The van der Waals surface area contributed by atoms with Gasteiger partial charge < -0.3 is 9.32 Å². The number of hydrogen-bond acceptors (Lipinski definition) is 7. The standard InChI is InChI=1S/C18H18N6O3/c25-24(26)17-10-14(4-6-16(17)22-8-2-1-3-9-22)18-7-5-15(27-18)11-21-23-12-19-20-13-23/h4-7,10-13H,1-3,8-9H2. The molecule has 9 heteroatoms. The van der Waals surface area contributed by atoms with Crippen molar-refractivity contribution in [1.82, 2.24) is 14.9 Å². The van der Waals surface area contributed by atoms with Crippen LogP contribution in [-0.2, 0) is 0 Å². The molecule has 0 atom stereocenters. The van der Waals surface area contributed by atoms with Crippen molar-refractivity contribution in [2.24, 2.45) is 5.10 Å². The van der Waals surface area contributed by atoms with E-state index in [-0.39, 0.29) is 10.6 Å². The molecule has 1 fully saturated rings. The molecular formula is C18H18N6O3. The zero-order valence-corrected chi connectivity index (χ0v) is 14.6. The fourth-order valence-electron chi connectivity index (χ4n) is 3.18. The van der Waals surface area contributed by atoms with Gasteiger partial charge in [0.2, 0.25) is 0 Å². The first-order valence-corrected chi connectivity index (χ1v) is 8.73. The fraction of sp³-hybridized carbons (Fsp3) is 0.278. The molecular weight excluding hydrogens is 348 g/mol. The Hall–Kier alpha value is -3.49. The zero-order valence-electron chi connectivity index (χ0n) is 14.6. The van der Waals surface area contributed by atoms with Crippen LogP contribution in [-0.4, -0.2) is 39.1 Å². The molecule has 0 amide bonds. The Morgan fingerprint density at radius 2 is 1.89 bits per heavy atom. The minimum atomic E-state index is -0.329. The Balaban J connectivity index is 1.60. The average molecular weight is 366 g/mol. The van der Waals surface area contributed by atoms with E-state index >= 15 is 0 Å². The van der Waals surface area contributed by atoms with Crippen molar-refractivity contribution in [2.45, 2.75) is 19.3 Å². The third-order valence-corrected chi connectivity index (χ3v) is 4.51. The van der Waals surface area contributed by atoms with Crippen LogP contribution in [0.25, 0.3) is 11.3 Å². The first-order chi connectivity index (χ1) is 13.2. The number of nitro benzene ring substituents is 1. The van der Waals surface area contributed by atoms with Crippen molar-refractivity contribution in [2.75, 3.05) is 18.0 Å². The Labute approximate surface area is 155 Å². The first-order valence-electron chi connectivity index (χ1n) is 8.73. The van der Waals surface area contributed by atoms with Gasteiger partial charge >= 0.3 is 0 Å². The maximum atomic E-state index is 11.6. The molecule has 3 aromatic rings. The van der Waals surface area contributed by atoms with Gasteiger partial charge in [-0.05, 0) is 43.5 Å². The summed E-state index contributed by atoms with van der Waals surface area (Å²) in [4.78, 5) is 13.4. The molecule has 0 N–H and O–H groups in total. The van der Waals surface area contributed by atoms with E-state index in [0.717, 1.165) is 25.9 Å². The monoisotopic (exact) mass is 366 g/mol. The van der Waals surface area contributed by atoms with Crippen molar-refractivity contribution >= 4 is 17.6 Å². The highest BCUT2D eigenvalue weighted by atomic mass is 16.6. The lowest BCUT2D eigenvalue weighted by Crippen LogP contribution is -2.29.